The maximum atomic E-state index is 14.0. The van der Waals surface area contributed by atoms with Gasteiger partial charge in [0.05, 0.1) is 14.2 Å². The minimum absolute atomic E-state index is 0.0302. The highest BCUT2D eigenvalue weighted by Crippen LogP contribution is 2.28. The third kappa shape index (κ3) is 3.70. The number of nitrogens with one attached hydrogen (secondary N) is 1. The molecule has 0 fully saturated rings. The number of carbonyl (C=O) groups is 1. The Labute approximate surface area is 119 Å². The zero-order valence-corrected chi connectivity index (χ0v) is 12.6. The van der Waals surface area contributed by atoms with Crippen LogP contribution in [0.5, 0.6) is 5.75 Å². The van der Waals surface area contributed by atoms with Crippen molar-refractivity contribution < 1.29 is 18.7 Å². The number of carbonyl (C=O) groups excluding carboxylic acids is 1. The first kappa shape index (κ1) is 16.4. The Hall–Kier alpha value is -1.62. The molecule has 0 saturated heterocycles. The average Bonchev–Trinajstić information content (AvgIpc) is 2.42. The topological polar surface area (TPSA) is 47.6 Å². The summed E-state index contributed by atoms with van der Waals surface area (Å²) in [7, 11) is 2.83. The molecule has 20 heavy (non-hydrogen) atoms. The molecule has 0 aliphatic rings. The van der Waals surface area contributed by atoms with Crippen LogP contribution in [-0.4, -0.2) is 26.2 Å². The van der Waals surface area contributed by atoms with E-state index in [9.17, 15) is 9.18 Å². The first-order valence-corrected chi connectivity index (χ1v) is 6.58. The van der Waals surface area contributed by atoms with Gasteiger partial charge >= 0.3 is 5.97 Å². The third-order valence-corrected chi connectivity index (χ3v) is 3.22. The van der Waals surface area contributed by atoms with Gasteiger partial charge in [-0.2, -0.15) is 0 Å². The van der Waals surface area contributed by atoms with Gasteiger partial charge in [0.15, 0.2) is 0 Å². The van der Waals surface area contributed by atoms with Gasteiger partial charge in [0, 0.05) is 11.6 Å². The van der Waals surface area contributed by atoms with E-state index < -0.39 is 6.04 Å². The fourth-order valence-corrected chi connectivity index (χ4v) is 2.13. The number of hydrogen-bond acceptors (Lipinski definition) is 4. The van der Waals surface area contributed by atoms with Crippen molar-refractivity contribution in [2.24, 2.45) is 5.92 Å². The average molecular weight is 283 g/mol. The predicted octanol–water partition coefficient (Wildman–Crippen LogP) is 2.68. The lowest BCUT2D eigenvalue weighted by molar-refractivity contribution is -0.144. The second-order valence-electron chi connectivity index (χ2n) is 4.99. The van der Waals surface area contributed by atoms with Crippen LogP contribution in [0.3, 0.4) is 0 Å². The number of esters is 1. The summed E-state index contributed by atoms with van der Waals surface area (Å²) < 4.78 is 23.9. The fraction of sp³-hybridized carbons (Fsp3) is 0.533. The first-order valence-electron chi connectivity index (χ1n) is 6.58. The Kier molecular flexibility index (Phi) is 5.95. The number of halogens is 1. The van der Waals surface area contributed by atoms with Crippen molar-refractivity contribution in [2.75, 3.05) is 14.2 Å². The van der Waals surface area contributed by atoms with Crippen molar-refractivity contribution in [1.29, 1.82) is 0 Å². The van der Waals surface area contributed by atoms with E-state index in [4.69, 9.17) is 9.47 Å². The van der Waals surface area contributed by atoms with Crippen molar-refractivity contribution in [3.8, 4) is 5.75 Å². The summed E-state index contributed by atoms with van der Waals surface area (Å²) in [6.45, 7) is 5.60. The van der Waals surface area contributed by atoms with E-state index in [2.05, 4.69) is 5.32 Å². The lowest BCUT2D eigenvalue weighted by atomic mass is 10.0. The Morgan fingerprint density at radius 1 is 1.25 bits per heavy atom. The molecule has 2 unspecified atom stereocenters. The van der Waals surface area contributed by atoms with Gasteiger partial charge in [0.25, 0.3) is 0 Å². The van der Waals surface area contributed by atoms with Crippen molar-refractivity contribution in [2.45, 2.75) is 32.9 Å². The fourth-order valence-electron chi connectivity index (χ4n) is 2.13. The largest absolute Gasteiger partial charge is 0.496 e. The minimum Gasteiger partial charge on any atom is -0.496 e. The summed E-state index contributed by atoms with van der Waals surface area (Å²) in [6, 6.07) is 3.78. The van der Waals surface area contributed by atoms with Crippen LogP contribution in [0.25, 0.3) is 0 Å². The van der Waals surface area contributed by atoms with E-state index in [1.807, 2.05) is 13.8 Å². The molecule has 0 aliphatic heterocycles. The maximum Gasteiger partial charge on any atom is 0.323 e. The molecule has 0 radical (unpaired) electrons. The van der Waals surface area contributed by atoms with Gasteiger partial charge in [0.2, 0.25) is 0 Å². The summed E-state index contributed by atoms with van der Waals surface area (Å²) in [5.41, 5.74) is 0.407. The molecule has 1 aromatic rings. The molecule has 5 heteroatoms. The van der Waals surface area contributed by atoms with Crippen LogP contribution in [0.2, 0.25) is 0 Å². The zero-order chi connectivity index (χ0) is 15.3. The third-order valence-electron chi connectivity index (χ3n) is 3.22. The first-order chi connectivity index (χ1) is 9.42. The molecule has 0 heterocycles. The second-order valence-corrected chi connectivity index (χ2v) is 4.99. The highest BCUT2D eigenvalue weighted by molar-refractivity contribution is 5.76. The van der Waals surface area contributed by atoms with Crippen LogP contribution in [0.1, 0.15) is 32.4 Å². The van der Waals surface area contributed by atoms with Crippen LogP contribution in [-0.2, 0) is 9.53 Å². The van der Waals surface area contributed by atoms with Crippen LogP contribution in [0, 0.1) is 11.7 Å². The highest BCUT2D eigenvalue weighted by Gasteiger charge is 2.27. The quantitative estimate of drug-likeness (QED) is 0.815. The van der Waals surface area contributed by atoms with Crippen molar-refractivity contribution in [1.82, 2.24) is 5.32 Å². The molecule has 2 atom stereocenters. The molecule has 4 nitrogen and oxygen atoms in total. The van der Waals surface area contributed by atoms with Crippen LogP contribution in [0.4, 0.5) is 4.39 Å². The van der Waals surface area contributed by atoms with Crippen LogP contribution >= 0.6 is 0 Å². The number of hydrogen-bond donors (Lipinski definition) is 1. The molecule has 0 bridgehead atoms. The van der Waals surface area contributed by atoms with Crippen molar-refractivity contribution in [3.63, 3.8) is 0 Å². The van der Waals surface area contributed by atoms with Crippen LogP contribution in [0.15, 0.2) is 18.2 Å². The van der Waals surface area contributed by atoms with Crippen molar-refractivity contribution >= 4 is 5.97 Å². The zero-order valence-electron chi connectivity index (χ0n) is 12.6. The van der Waals surface area contributed by atoms with Gasteiger partial charge < -0.3 is 9.47 Å². The predicted molar refractivity (Wildman–Crippen MR) is 75.1 cm³/mol. The van der Waals surface area contributed by atoms with E-state index in [0.29, 0.717) is 11.3 Å². The van der Waals surface area contributed by atoms with Gasteiger partial charge in [0.1, 0.15) is 17.6 Å². The number of benzene rings is 1. The van der Waals surface area contributed by atoms with E-state index in [0.717, 1.165) is 0 Å². The van der Waals surface area contributed by atoms with Gasteiger partial charge in [-0.05, 0) is 25.0 Å². The highest BCUT2D eigenvalue weighted by atomic mass is 19.1. The Balaban J connectivity index is 3.00. The Bertz CT molecular complexity index is 462. The summed E-state index contributed by atoms with van der Waals surface area (Å²) in [6.07, 6.45) is 0. The van der Waals surface area contributed by atoms with E-state index in [1.54, 1.807) is 19.1 Å². The lowest BCUT2D eigenvalue weighted by Crippen LogP contribution is -2.43. The molecular weight excluding hydrogens is 261 g/mol. The normalized spacial score (nSPS) is 13.9. The van der Waals surface area contributed by atoms with Crippen molar-refractivity contribution in [3.05, 3.63) is 29.6 Å². The smallest absolute Gasteiger partial charge is 0.323 e. The number of ether oxygens (including phenoxy) is 2. The second kappa shape index (κ2) is 7.24. The summed E-state index contributed by atoms with van der Waals surface area (Å²) in [5, 5.41) is 3.10. The van der Waals surface area contributed by atoms with Gasteiger partial charge in [-0.15, -0.1) is 0 Å². The Morgan fingerprint density at radius 2 is 1.90 bits per heavy atom. The number of rotatable bonds is 6. The van der Waals surface area contributed by atoms with Gasteiger partial charge in [-0.25, -0.2) is 4.39 Å². The summed E-state index contributed by atoms with van der Waals surface area (Å²) in [5.74, 6) is -0.237. The standard InChI is InChI=1S/C15H22FNO3/c1-9(2)14(15(18)20-5)17-10(3)13-11(16)7-6-8-12(13)19-4/h6-10,14,17H,1-5H3. The summed E-state index contributed by atoms with van der Waals surface area (Å²) >= 11 is 0. The Morgan fingerprint density at radius 3 is 2.40 bits per heavy atom. The molecule has 1 aromatic carbocycles. The molecule has 1 rings (SSSR count). The molecule has 0 spiro atoms. The minimum atomic E-state index is -0.501. The molecule has 0 aliphatic carbocycles. The van der Waals surface area contributed by atoms with E-state index >= 15 is 0 Å². The molecule has 0 aromatic heterocycles. The maximum absolute atomic E-state index is 14.0. The molecule has 0 amide bonds. The monoisotopic (exact) mass is 283 g/mol. The van der Waals surface area contributed by atoms with Crippen LogP contribution < -0.4 is 10.1 Å². The molecule has 112 valence electrons. The lowest BCUT2D eigenvalue weighted by Gasteiger charge is -2.25. The van der Waals surface area contributed by atoms with E-state index in [-0.39, 0.29) is 23.7 Å². The molecule has 0 saturated carbocycles. The van der Waals surface area contributed by atoms with Gasteiger partial charge in [-0.1, -0.05) is 19.9 Å². The van der Waals surface area contributed by atoms with E-state index in [1.165, 1.54) is 20.3 Å². The molecule has 1 N–H and O–H groups in total. The van der Waals surface area contributed by atoms with Gasteiger partial charge in [-0.3, -0.25) is 10.1 Å². The number of methoxy groups -OCH3 is 2. The SMILES string of the molecule is COC(=O)C(NC(C)c1c(F)cccc1OC)C(C)C. The summed E-state index contributed by atoms with van der Waals surface area (Å²) in [4.78, 5) is 11.7. The molecular formula is C15H22FNO3.